The molecule has 0 atom stereocenters. The molecular formula is C12H24N2S. The number of thiocarbonyl (C=S) groups is 1. The lowest BCUT2D eigenvalue weighted by molar-refractivity contribution is 0.222. The second-order valence-electron chi connectivity index (χ2n) is 4.71. The molecule has 0 unspecified atom stereocenters. The number of nitrogens with zero attached hydrogens (tertiary/aromatic N) is 1. The highest BCUT2D eigenvalue weighted by atomic mass is 32.1. The molecule has 0 bridgehead atoms. The number of hydrogen-bond acceptors (Lipinski definition) is 2. The fourth-order valence-electron chi connectivity index (χ4n) is 2.51. The molecule has 0 aromatic carbocycles. The fraction of sp³-hybridized carbons (Fsp3) is 0.917. The van der Waals surface area contributed by atoms with Crippen LogP contribution in [0.1, 0.15) is 45.4 Å². The van der Waals surface area contributed by atoms with E-state index in [1.807, 2.05) is 0 Å². The second kappa shape index (κ2) is 7.18. The summed E-state index contributed by atoms with van der Waals surface area (Å²) in [6.45, 7) is 5.35. The lowest BCUT2D eigenvalue weighted by Gasteiger charge is -2.29. The molecule has 0 aromatic rings. The molecule has 15 heavy (non-hydrogen) atoms. The first-order valence-electron chi connectivity index (χ1n) is 6.23. The second-order valence-corrected chi connectivity index (χ2v) is 5.23. The molecule has 0 heterocycles. The van der Waals surface area contributed by atoms with E-state index in [2.05, 4.69) is 11.8 Å². The summed E-state index contributed by atoms with van der Waals surface area (Å²) in [6, 6.07) is 0. The van der Waals surface area contributed by atoms with Crippen molar-refractivity contribution in [1.29, 1.82) is 0 Å². The average Bonchev–Trinajstić information content (AvgIpc) is 2.18. The quantitative estimate of drug-likeness (QED) is 0.709. The van der Waals surface area contributed by atoms with Crippen LogP contribution in [0, 0.1) is 5.92 Å². The Morgan fingerprint density at radius 2 is 2.00 bits per heavy atom. The van der Waals surface area contributed by atoms with Crippen molar-refractivity contribution in [2.24, 2.45) is 11.7 Å². The summed E-state index contributed by atoms with van der Waals surface area (Å²) < 4.78 is 0. The average molecular weight is 228 g/mol. The van der Waals surface area contributed by atoms with Gasteiger partial charge in [0, 0.05) is 13.1 Å². The first-order valence-corrected chi connectivity index (χ1v) is 6.64. The zero-order valence-corrected chi connectivity index (χ0v) is 10.7. The molecule has 2 nitrogen and oxygen atoms in total. The maximum atomic E-state index is 5.62. The van der Waals surface area contributed by atoms with Crippen molar-refractivity contribution in [2.45, 2.75) is 45.4 Å². The summed E-state index contributed by atoms with van der Waals surface area (Å²) in [5, 5.41) is 0. The van der Waals surface area contributed by atoms with Gasteiger partial charge in [0.2, 0.25) is 0 Å². The van der Waals surface area contributed by atoms with Crippen LogP contribution in [0.4, 0.5) is 0 Å². The molecule has 0 amide bonds. The Bertz CT molecular complexity index is 188. The maximum absolute atomic E-state index is 5.62. The zero-order valence-electron chi connectivity index (χ0n) is 9.87. The molecule has 0 saturated heterocycles. The van der Waals surface area contributed by atoms with Gasteiger partial charge in [-0.2, -0.15) is 0 Å². The molecule has 3 heteroatoms. The Labute approximate surface area is 99.2 Å². The van der Waals surface area contributed by atoms with Gasteiger partial charge in [0.15, 0.2) is 0 Å². The molecule has 2 N–H and O–H groups in total. The summed E-state index contributed by atoms with van der Waals surface area (Å²) in [4.78, 5) is 3.07. The van der Waals surface area contributed by atoms with Gasteiger partial charge in [-0.05, 0) is 31.7 Å². The van der Waals surface area contributed by atoms with Crippen LogP contribution in [0.15, 0.2) is 0 Å². The van der Waals surface area contributed by atoms with Crippen LogP contribution < -0.4 is 5.73 Å². The topological polar surface area (TPSA) is 29.3 Å². The smallest absolute Gasteiger partial charge is 0.0870 e. The SMILES string of the molecule is CCCN(CC(N)=S)CC1CCCCC1. The van der Waals surface area contributed by atoms with Gasteiger partial charge in [-0.3, -0.25) is 4.90 Å². The van der Waals surface area contributed by atoms with E-state index in [0.29, 0.717) is 4.99 Å². The summed E-state index contributed by atoms with van der Waals surface area (Å²) >= 11 is 4.99. The lowest BCUT2D eigenvalue weighted by Crippen LogP contribution is -2.37. The molecule has 1 fully saturated rings. The van der Waals surface area contributed by atoms with E-state index >= 15 is 0 Å². The highest BCUT2D eigenvalue weighted by Crippen LogP contribution is 2.24. The Morgan fingerprint density at radius 3 is 2.53 bits per heavy atom. The molecule has 0 aliphatic heterocycles. The predicted octanol–water partition coefficient (Wildman–Crippen LogP) is 2.56. The molecule has 88 valence electrons. The van der Waals surface area contributed by atoms with Crippen molar-refractivity contribution in [1.82, 2.24) is 4.90 Å². The van der Waals surface area contributed by atoms with Gasteiger partial charge in [0.1, 0.15) is 0 Å². The van der Waals surface area contributed by atoms with E-state index in [9.17, 15) is 0 Å². The predicted molar refractivity (Wildman–Crippen MR) is 70.1 cm³/mol. The summed E-state index contributed by atoms with van der Waals surface area (Å²) in [5.41, 5.74) is 5.62. The van der Waals surface area contributed by atoms with Gasteiger partial charge in [-0.25, -0.2) is 0 Å². The molecule has 0 aromatic heterocycles. The van der Waals surface area contributed by atoms with E-state index in [0.717, 1.165) is 19.0 Å². The van der Waals surface area contributed by atoms with Gasteiger partial charge in [-0.1, -0.05) is 38.4 Å². The van der Waals surface area contributed by atoms with Gasteiger partial charge in [0.05, 0.1) is 4.99 Å². The van der Waals surface area contributed by atoms with E-state index in [4.69, 9.17) is 18.0 Å². The third-order valence-electron chi connectivity index (χ3n) is 3.16. The van der Waals surface area contributed by atoms with Crippen LogP contribution in [0.25, 0.3) is 0 Å². The molecule has 1 aliphatic rings. The van der Waals surface area contributed by atoms with Crippen LogP contribution in [-0.4, -0.2) is 29.5 Å². The third kappa shape index (κ3) is 5.47. The van der Waals surface area contributed by atoms with Gasteiger partial charge in [-0.15, -0.1) is 0 Å². The van der Waals surface area contributed by atoms with Crippen LogP contribution in [0.3, 0.4) is 0 Å². The van der Waals surface area contributed by atoms with Crippen LogP contribution in [-0.2, 0) is 0 Å². The minimum atomic E-state index is 0.638. The van der Waals surface area contributed by atoms with Crippen molar-refractivity contribution in [3.63, 3.8) is 0 Å². The van der Waals surface area contributed by atoms with Crippen LogP contribution in [0.5, 0.6) is 0 Å². The monoisotopic (exact) mass is 228 g/mol. The maximum Gasteiger partial charge on any atom is 0.0870 e. The van der Waals surface area contributed by atoms with Crippen molar-refractivity contribution < 1.29 is 0 Å². The Balaban J connectivity index is 2.31. The van der Waals surface area contributed by atoms with Crippen molar-refractivity contribution >= 4 is 17.2 Å². The van der Waals surface area contributed by atoms with Crippen molar-refractivity contribution in [3.8, 4) is 0 Å². The fourth-order valence-corrected chi connectivity index (χ4v) is 2.69. The molecule has 1 saturated carbocycles. The largest absolute Gasteiger partial charge is 0.392 e. The standard InChI is InChI=1S/C12H24N2S/c1-2-8-14(10-12(13)15)9-11-6-4-3-5-7-11/h11H,2-10H2,1H3,(H2,13,15). The summed E-state index contributed by atoms with van der Waals surface area (Å²) in [5.74, 6) is 0.889. The van der Waals surface area contributed by atoms with Crippen molar-refractivity contribution in [2.75, 3.05) is 19.6 Å². The van der Waals surface area contributed by atoms with E-state index < -0.39 is 0 Å². The van der Waals surface area contributed by atoms with Gasteiger partial charge >= 0.3 is 0 Å². The molecule has 1 aliphatic carbocycles. The van der Waals surface area contributed by atoms with Gasteiger partial charge < -0.3 is 5.73 Å². The highest BCUT2D eigenvalue weighted by Gasteiger charge is 2.16. The van der Waals surface area contributed by atoms with E-state index in [1.165, 1.54) is 45.1 Å². The van der Waals surface area contributed by atoms with Crippen LogP contribution >= 0.6 is 12.2 Å². The zero-order chi connectivity index (χ0) is 11.1. The first-order chi connectivity index (χ1) is 7.22. The number of rotatable bonds is 6. The third-order valence-corrected chi connectivity index (χ3v) is 3.29. The highest BCUT2D eigenvalue weighted by molar-refractivity contribution is 7.80. The van der Waals surface area contributed by atoms with E-state index in [-0.39, 0.29) is 0 Å². The summed E-state index contributed by atoms with van der Waals surface area (Å²) in [6.07, 6.45) is 8.25. The minimum absolute atomic E-state index is 0.638. The molecule has 0 radical (unpaired) electrons. The number of hydrogen-bond donors (Lipinski definition) is 1. The normalized spacial score (nSPS) is 18.3. The molecular weight excluding hydrogens is 204 g/mol. The minimum Gasteiger partial charge on any atom is -0.392 e. The summed E-state index contributed by atoms with van der Waals surface area (Å²) in [7, 11) is 0. The Hall–Kier alpha value is -0.150. The molecule has 0 spiro atoms. The van der Waals surface area contributed by atoms with E-state index in [1.54, 1.807) is 0 Å². The first kappa shape index (κ1) is 12.9. The lowest BCUT2D eigenvalue weighted by atomic mass is 9.89. The van der Waals surface area contributed by atoms with Gasteiger partial charge in [0.25, 0.3) is 0 Å². The Kier molecular flexibility index (Phi) is 6.18. The Morgan fingerprint density at radius 1 is 1.33 bits per heavy atom. The number of nitrogens with two attached hydrogens (primary N) is 1. The van der Waals surface area contributed by atoms with Crippen LogP contribution in [0.2, 0.25) is 0 Å². The molecule has 1 rings (SSSR count). The van der Waals surface area contributed by atoms with Crippen molar-refractivity contribution in [3.05, 3.63) is 0 Å².